The zero-order valence-electron chi connectivity index (χ0n) is 67.0. The van der Waals surface area contributed by atoms with Gasteiger partial charge in [-0.2, -0.15) is 0 Å². The van der Waals surface area contributed by atoms with Gasteiger partial charge in [0.2, 0.25) is 0 Å². The maximum absolute atomic E-state index is 3.36. The van der Waals surface area contributed by atoms with Gasteiger partial charge in [-0.3, -0.25) is 0 Å². The monoisotopic (exact) mass is 1380 g/mol. The second-order valence-electron chi connectivity index (χ2n) is 18.8. The summed E-state index contributed by atoms with van der Waals surface area (Å²) in [4.78, 5) is 0. The Morgan fingerprint density at radius 1 is 0.113 bits per heavy atom. The minimum atomic E-state index is 1.14. The molecule has 0 radical (unpaired) electrons. The van der Waals surface area contributed by atoms with E-state index in [1.807, 2.05) is 90.0 Å². The van der Waals surface area contributed by atoms with Crippen LogP contribution in [0.15, 0.2) is 191 Å². The summed E-state index contributed by atoms with van der Waals surface area (Å²) in [5.74, 6) is 0. The van der Waals surface area contributed by atoms with Crippen LogP contribution in [0.3, 0.4) is 0 Å². The van der Waals surface area contributed by atoms with E-state index in [1.54, 1.807) is 79.0 Å². The largest absolute Gasteiger partial charge is 0.314 e. The second-order valence-corrected chi connectivity index (χ2v) is 18.8. The highest BCUT2D eigenvalue weighted by molar-refractivity contribution is 4.65. The lowest BCUT2D eigenvalue weighted by molar-refractivity contribution is 0.534. The topological polar surface area (TPSA) is 217 Å². The molecule has 582 valence electrons. The van der Waals surface area contributed by atoms with E-state index in [9.17, 15) is 0 Å². The van der Waals surface area contributed by atoms with Crippen LogP contribution in [0, 0.1) is 0 Å². The van der Waals surface area contributed by atoms with Gasteiger partial charge in [0.1, 0.15) is 0 Å². The Bertz CT molecular complexity index is 832. The van der Waals surface area contributed by atoms with E-state index in [2.05, 4.69) is 208 Å². The molecule has 0 bridgehead atoms. The average molecular weight is 1380 g/mol. The lowest BCUT2D eigenvalue weighted by Gasteiger charge is -2.11. The van der Waals surface area contributed by atoms with Crippen LogP contribution in [0.1, 0.15) is 90.0 Å². The molecule has 0 unspecified atom stereocenters. The zero-order chi connectivity index (χ0) is 77.4. The van der Waals surface area contributed by atoms with Gasteiger partial charge < -0.3 is 95.7 Å². The molecule has 9 heterocycles. The van der Waals surface area contributed by atoms with Gasteiger partial charge in [0.25, 0.3) is 0 Å². The van der Waals surface area contributed by atoms with Gasteiger partial charge in [-0.05, 0) is 90.0 Å². The molecular formula is C79H176N18. The lowest BCUT2D eigenvalue weighted by Crippen LogP contribution is -2.39. The van der Waals surface area contributed by atoms with Crippen LogP contribution < -0.4 is 95.7 Å². The Hall–Kier alpha value is -4.62. The minimum Gasteiger partial charge on any atom is -0.314 e. The Morgan fingerprint density at radius 2 is 0.134 bits per heavy atom. The highest BCUT2D eigenvalue weighted by Crippen LogP contribution is 1.70. The highest BCUT2D eigenvalue weighted by Gasteiger charge is 1.96. The number of allylic oxidation sites excluding steroid dienone is 13. The quantitative estimate of drug-likeness (QED) is 0.102. The molecule has 0 amide bonds. The van der Waals surface area contributed by atoms with Gasteiger partial charge in [0.15, 0.2) is 0 Å². The predicted octanol–water partition coefficient (Wildman–Crippen LogP) is 9.72. The van der Waals surface area contributed by atoms with Gasteiger partial charge in [-0.15, -0.1) is 112 Å². The van der Waals surface area contributed by atoms with Gasteiger partial charge >= 0.3 is 0 Å². The normalized spacial score (nSPS) is 15.2. The molecule has 9 aliphatic heterocycles. The van der Waals surface area contributed by atoms with E-state index in [1.165, 1.54) is 0 Å². The average Bonchev–Trinajstić information content (AvgIpc) is 3.66. The van der Waals surface area contributed by atoms with Gasteiger partial charge in [-0.1, -0.05) is 79.0 Å². The Morgan fingerprint density at radius 3 is 0.144 bits per heavy atom. The predicted molar refractivity (Wildman–Crippen MR) is 460 cm³/mol. The molecule has 18 heteroatoms. The van der Waals surface area contributed by atoms with E-state index < -0.39 is 0 Å². The van der Waals surface area contributed by atoms with E-state index in [-0.39, 0.29) is 0 Å². The highest BCUT2D eigenvalue weighted by atomic mass is 15.1. The number of hydrogen-bond donors (Lipinski definition) is 18. The van der Waals surface area contributed by atoms with Crippen molar-refractivity contribution in [3.63, 3.8) is 0 Å². The molecule has 9 fully saturated rings. The molecule has 9 rings (SSSR count). The summed E-state index contributed by atoms with van der Waals surface area (Å²) in [6.07, 6.45) is 22.8. The lowest BCUT2D eigenvalue weighted by atomic mass is 10.4. The molecule has 0 aromatic carbocycles. The molecule has 0 aromatic rings. The first kappa shape index (κ1) is 129. The summed E-state index contributed by atoms with van der Waals surface area (Å²) in [7, 11) is 0. The SMILES string of the molecule is C1CNCCN1.C1CNCCN1.C1CNCCN1.C1CNCCN1.C1CNCCN1.C1CNCCN1.C1CNCCN1.C1CNCCN1.C1CNCCN1.C=C.C=C.C=CC.C=CC.C=CC.C=CC.C=CC.C=CC.C=CC.C=CC.C=CC.C=CC.C=CC.C=CC.C=CC. The third-order valence-corrected chi connectivity index (χ3v) is 8.61. The molecular weight excluding hydrogens is 1200 g/mol. The van der Waals surface area contributed by atoms with Gasteiger partial charge in [-0.25, -0.2) is 0 Å². The van der Waals surface area contributed by atoms with Crippen molar-refractivity contribution >= 4 is 0 Å². The summed E-state index contributed by atoms with van der Waals surface area (Å²) >= 11 is 0. The standard InChI is InChI=1S/9C4H10N2.13C3H6.2C2H4/c9*1-2-6-4-3-5-1;13*1-3-2;2*1-2/h9*5-6H,1-4H2;13*3H,1H2,2H3;2*1-2H2. The van der Waals surface area contributed by atoms with E-state index >= 15 is 0 Å². The molecule has 9 aliphatic rings. The summed E-state index contributed by atoms with van der Waals surface area (Å²) in [5, 5.41) is 58.0. The number of piperazine rings is 9. The molecule has 0 atom stereocenters. The van der Waals surface area contributed by atoms with Gasteiger partial charge in [0.05, 0.1) is 0 Å². The molecule has 0 saturated carbocycles. The smallest absolute Gasteiger partial charge is 0.00772 e. The van der Waals surface area contributed by atoms with Crippen molar-refractivity contribution in [2.75, 3.05) is 236 Å². The first-order valence-electron chi connectivity index (χ1n) is 35.5. The molecule has 18 N–H and O–H groups in total. The molecule has 97 heavy (non-hydrogen) atoms. The molecule has 0 aromatic heterocycles. The first-order chi connectivity index (χ1) is 47.4. The second kappa shape index (κ2) is 192. The number of hydrogen-bond acceptors (Lipinski definition) is 18. The van der Waals surface area contributed by atoms with Crippen molar-refractivity contribution in [2.24, 2.45) is 0 Å². The van der Waals surface area contributed by atoms with Crippen molar-refractivity contribution in [1.29, 1.82) is 0 Å². The fourth-order valence-electron chi connectivity index (χ4n) is 5.43. The summed E-state index contributed by atoms with van der Waals surface area (Å²) in [6, 6.07) is 0. The minimum absolute atomic E-state index is 1.14. The van der Waals surface area contributed by atoms with Crippen molar-refractivity contribution in [2.45, 2.75) is 90.0 Å². The maximum Gasteiger partial charge on any atom is 0.00772 e. The molecule has 0 aliphatic carbocycles. The van der Waals surface area contributed by atoms with Crippen LogP contribution in [-0.4, -0.2) is 236 Å². The third kappa shape index (κ3) is 299. The number of rotatable bonds is 0. The van der Waals surface area contributed by atoms with E-state index in [0.29, 0.717) is 0 Å². The number of nitrogens with one attached hydrogen (secondary N) is 18. The van der Waals surface area contributed by atoms with Crippen LogP contribution in [-0.2, 0) is 0 Å². The van der Waals surface area contributed by atoms with Gasteiger partial charge in [0, 0.05) is 236 Å². The Labute approximate surface area is 609 Å². The third-order valence-electron chi connectivity index (χ3n) is 8.61. The zero-order valence-corrected chi connectivity index (χ0v) is 67.0. The summed E-state index contributed by atoms with van der Waals surface area (Å²) < 4.78 is 0. The van der Waals surface area contributed by atoms with Crippen LogP contribution in [0.2, 0.25) is 0 Å². The van der Waals surface area contributed by atoms with Crippen molar-refractivity contribution < 1.29 is 0 Å². The van der Waals surface area contributed by atoms with Crippen molar-refractivity contribution in [1.82, 2.24) is 95.7 Å². The fourth-order valence-corrected chi connectivity index (χ4v) is 5.43. The summed E-state index contributed by atoms with van der Waals surface area (Å²) in [5.41, 5.74) is 0. The van der Waals surface area contributed by atoms with Crippen LogP contribution in [0.5, 0.6) is 0 Å². The fraction of sp³-hybridized carbons (Fsp3) is 0.620. The van der Waals surface area contributed by atoms with Crippen LogP contribution in [0.4, 0.5) is 0 Å². The Kier molecular flexibility index (Phi) is 255. The van der Waals surface area contributed by atoms with Crippen LogP contribution in [0.25, 0.3) is 0 Å². The first-order valence-corrected chi connectivity index (χ1v) is 35.5. The van der Waals surface area contributed by atoms with Crippen molar-refractivity contribution in [3.05, 3.63) is 191 Å². The summed E-state index contributed by atoms with van der Waals surface area (Å²) in [6.45, 7) is 121. The Balaban J connectivity index is -0.0000000562. The maximum atomic E-state index is 3.36. The molecule has 0 spiro atoms. The van der Waals surface area contributed by atoms with Crippen LogP contribution >= 0.6 is 0 Å². The molecule has 18 nitrogen and oxygen atoms in total. The van der Waals surface area contributed by atoms with E-state index in [0.717, 1.165) is 236 Å². The van der Waals surface area contributed by atoms with E-state index in [4.69, 9.17) is 0 Å². The molecule has 9 saturated heterocycles. The van der Waals surface area contributed by atoms with Crippen molar-refractivity contribution in [3.8, 4) is 0 Å².